The van der Waals surface area contributed by atoms with Crippen LogP contribution in [0.15, 0.2) is 24.3 Å². The van der Waals surface area contributed by atoms with Crippen molar-refractivity contribution in [3.05, 3.63) is 29.8 Å². The number of hydrogen-bond donors (Lipinski definition) is 1. The summed E-state index contributed by atoms with van der Waals surface area (Å²) in [5, 5.41) is 2.67. The Morgan fingerprint density at radius 2 is 1.63 bits per heavy atom. The van der Waals surface area contributed by atoms with E-state index in [-0.39, 0.29) is 5.69 Å². The standard InChI is InChI=1S/C11H17F3N3OP/c1-16(2)19(18,17(3)4)15-10-7-5-6-9(8-10)11(12,13)14/h5-8H,1-4H3,(H,15,18). The first-order chi connectivity index (χ1) is 8.57. The van der Waals surface area contributed by atoms with Crippen LogP contribution in [0, 0.1) is 0 Å². The van der Waals surface area contributed by atoms with Crippen LogP contribution in [0.2, 0.25) is 0 Å². The Kier molecular flexibility index (Phi) is 4.66. The van der Waals surface area contributed by atoms with Crippen LogP contribution in [0.25, 0.3) is 0 Å². The maximum atomic E-state index is 12.6. The summed E-state index contributed by atoms with van der Waals surface area (Å²) in [6, 6.07) is 4.65. The molecule has 0 aliphatic rings. The number of rotatable bonds is 4. The van der Waals surface area contributed by atoms with E-state index >= 15 is 0 Å². The van der Waals surface area contributed by atoms with Gasteiger partial charge in [0.25, 0.3) is 0 Å². The molecule has 0 bridgehead atoms. The van der Waals surface area contributed by atoms with Crippen molar-refractivity contribution < 1.29 is 17.7 Å². The second-order valence-electron chi connectivity index (χ2n) is 4.43. The van der Waals surface area contributed by atoms with Crippen molar-refractivity contribution in [3.63, 3.8) is 0 Å². The molecule has 0 radical (unpaired) electrons. The van der Waals surface area contributed by atoms with Crippen LogP contribution < -0.4 is 5.09 Å². The predicted octanol–water partition coefficient (Wildman–Crippen LogP) is 3.35. The van der Waals surface area contributed by atoms with Gasteiger partial charge in [-0.1, -0.05) is 6.07 Å². The van der Waals surface area contributed by atoms with Crippen LogP contribution in [0.5, 0.6) is 0 Å². The monoisotopic (exact) mass is 295 g/mol. The van der Waals surface area contributed by atoms with Gasteiger partial charge in [0.05, 0.1) is 5.56 Å². The fourth-order valence-corrected chi connectivity index (χ4v) is 3.08. The topological polar surface area (TPSA) is 35.6 Å². The molecule has 0 amide bonds. The average molecular weight is 295 g/mol. The van der Waals surface area contributed by atoms with E-state index in [2.05, 4.69) is 5.09 Å². The van der Waals surface area contributed by atoms with E-state index in [1.165, 1.54) is 21.5 Å². The molecule has 1 N–H and O–H groups in total. The zero-order valence-electron chi connectivity index (χ0n) is 11.2. The Bertz CT molecular complexity index is 476. The Balaban J connectivity index is 3.09. The van der Waals surface area contributed by atoms with Crippen LogP contribution in [-0.2, 0) is 10.7 Å². The third kappa shape index (κ3) is 3.72. The summed E-state index contributed by atoms with van der Waals surface area (Å²) < 4.78 is 53.3. The van der Waals surface area contributed by atoms with Crippen molar-refractivity contribution in [2.45, 2.75) is 6.18 Å². The molecule has 8 heteroatoms. The van der Waals surface area contributed by atoms with E-state index in [4.69, 9.17) is 0 Å². The fraction of sp³-hybridized carbons (Fsp3) is 0.455. The number of benzene rings is 1. The third-order valence-corrected chi connectivity index (χ3v) is 5.27. The molecule has 19 heavy (non-hydrogen) atoms. The number of nitrogens with zero attached hydrogens (tertiary/aromatic N) is 2. The van der Waals surface area contributed by atoms with Gasteiger partial charge < -0.3 is 5.09 Å². The molecule has 0 aliphatic carbocycles. The van der Waals surface area contributed by atoms with Crippen LogP contribution in [-0.4, -0.2) is 37.5 Å². The molecule has 0 aromatic heterocycles. The van der Waals surface area contributed by atoms with Crippen molar-refractivity contribution in [1.82, 2.24) is 9.34 Å². The molecule has 1 rings (SSSR count). The highest BCUT2D eigenvalue weighted by Gasteiger charge is 2.32. The van der Waals surface area contributed by atoms with E-state index in [0.29, 0.717) is 0 Å². The Labute approximate surface area is 110 Å². The molecular weight excluding hydrogens is 278 g/mol. The molecule has 0 aliphatic heterocycles. The van der Waals surface area contributed by atoms with Gasteiger partial charge >= 0.3 is 13.8 Å². The van der Waals surface area contributed by atoms with Gasteiger partial charge in [-0.2, -0.15) is 13.2 Å². The second kappa shape index (κ2) is 5.53. The molecule has 0 atom stereocenters. The van der Waals surface area contributed by atoms with Gasteiger partial charge in [-0.05, 0) is 46.4 Å². The van der Waals surface area contributed by atoms with E-state index in [9.17, 15) is 17.7 Å². The lowest BCUT2D eigenvalue weighted by atomic mass is 10.2. The average Bonchev–Trinajstić information content (AvgIpc) is 2.27. The summed E-state index contributed by atoms with van der Waals surface area (Å²) in [4.78, 5) is 0. The molecule has 108 valence electrons. The SMILES string of the molecule is CN(C)P(=O)(Nc1cccc(C(F)(F)F)c1)N(C)C. The van der Waals surface area contributed by atoms with Gasteiger partial charge in [-0.25, -0.2) is 9.34 Å². The van der Waals surface area contributed by atoms with Crippen molar-refractivity contribution in [2.75, 3.05) is 33.3 Å². The Hall–Kier alpha value is -1.04. The minimum Gasteiger partial charge on any atom is -0.313 e. The second-order valence-corrected chi connectivity index (χ2v) is 7.34. The molecule has 0 saturated heterocycles. The van der Waals surface area contributed by atoms with Crippen molar-refractivity contribution in [3.8, 4) is 0 Å². The van der Waals surface area contributed by atoms with Crippen LogP contribution in [0.3, 0.4) is 0 Å². The minimum absolute atomic E-state index is 0.167. The molecule has 0 unspecified atom stereocenters. The Morgan fingerprint density at radius 3 is 2.05 bits per heavy atom. The summed E-state index contributed by atoms with van der Waals surface area (Å²) in [6.45, 7) is 0. The highest BCUT2D eigenvalue weighted by molar-refractivity contribution is 7.60. The molecule has 1 aromatic carbocycles. The number of hydrogen-bond acceptors (Lipinski definition) is 1. The summed E-state index contributed by atoms with van der Waals surface area (Å²) in [7, 11) is 3.29. The highest BCUT2D eigenvalue weighted by Crippen LogP contribution is 2.49. The van der Waals surface area contributed by atoms with Gasteiger partial charge in [0, 0.05) is 5.69 Å². The van der Waals surface area contributed by atoms with E-state index in [1.54, 1.807) is 28.2 Å². The molecule has 1 aromatic rings. The lowest BCUT2D eigenvalue weighted by molar-refractivity contribution is -0.137. The summed E-state index contributed by atoms with van der Waals surface area (Å²) in [5.74, 6) is 0. The zero-order chi connectivity index (χ0) is 14.8. The van der Waals surface area contributed by atoms with Crippen molar-refractivity contribution in [1.29, 1.82) is 0 Å². The first-order valence-electron chi connectivity index (χ1n) is 5.48. The van der Waals surface area contributed by atoms with Crippen LogP contribution in [0.4, 0.5) is 18.9 Å². The highest BCUT2D eigenvalue weighted by atomic mass is 31.2. The molecule has 0 saturated carbocycles. The lowest BCUT2D eigenvalue weighted by Crippen LogP contribution is -2.26. The first-order valence-corrected chi connectivity index (χ1v) is 7.10. The molecule has 0 spiro atoms. The lowest BCUT2D eigenvalue weighted by Gasteiger charge is -2.31. The summed E-state index contributed by atoms with van der Waals surface area (Å²) in [5.41, 5.74) is -0.609. The van der Waals surface area contributed by atoms with Gasteiger partial charge in [-0.15, -0.1) is 0 Å². The number of nitrogens with one attached hydrogen (secondary N) is 1. The van der Waals surface area contributed by atoms with E-state index in [1.807, 2.05) is 0 Å². The normalized spacial score (nSPS) is 13.1. The molecule has 4 nitrogen and oxygen atoms in total. The largest absolute Gasteiger partial charge is 0.416 e. The van der Waals surface area contributed by atoms with E-state index < -0.39 is 19.3 Å². The van der Waals surface area contributed by atoms with Gasteiger partial charge in [0.15, 0.2) is 0 Å². The maximum Gasteiger partial charge on any atom is 0.416 e. The van der Waals surface area contributed by atoms with Gasteiger partial charge in [0.1, 0.15) is 0 Å². The van der Waals surface area contributed by atoms with E-state index in [0.717, 1.165) is 12.1 Å². The summed E-state index contributed by atoms with van der Waals surface area (Å²) >= 11 is 0. The third-order valence-electron chi connectivity index (χ3n) is 2.55. The molecular formula is C11H17F3N3OP. The van der Waals surface area contributed by atoms with Crippen LogP contribution in [0.1, 0.15) is 5.56 Å². The van der Waals surface area contributed by atoms with Crippen molar-refractivity contribution in [2.24, 2.45) is 0 Å². The number of alkyl halides is 3. The summed E-state index contributed by atoms with van der Waals surface area (Å²) in [6.07, 6.45) is -4.42. The first kappa shape index (κ1) is 16.0. The zero-order valence-corrected chi connectivity index (χ0v) is 12.1. The van der Waals surface area contributed by atoms with Crippen molar-refractivity contribution >= 4 is 13.3 Å². The molecule has 0 fully saturated rings. The number of halogens is 3. The van der Waals surface area contributed by atoms with Crippen LogP contribution >= 0.6 is 7.59 Å². The predicted molar refractivity (Wildman–Crippen MR) is 70.0 cm³/mol. The quantitative estimate of drug-likeness (QED) is 0.864. The van der Waals surface area contributed by atoms with Gasteiger partial charge in [-0.3, -0.25) is 4.57 Å². The number of anilines is 1. The minimum atomic E-state index is -4.42. The maximum absolute atomic E-state index is 12.6. The molecule has 0 heterocycles. The van der Waals surface area contributed by atoms with Gasteiger partial charge in [0.2, 0.25) is 0 Å². The fourth-order valence-electron chi connectivity index (χ4n) is 1.49. The smallest absolute Gasteiger partial charge is 0.313 e. The Morgan fingerprint density at radius 1 is 1.11 bits per heavy atom.